The topological polar surface area (TPSA) is 118 Å². The average molecular weight is 645 g/mol. The molecule has 0 bridgehead atoms. The molecule has 0 aliphatic carbocycles. The Balaban J connectivity index is 1.39. The number of pyridine rings is 1. The molecule has 0 saturated heterocycles. The van der Waals surface area contributed by atoms with Crippen LogP contribution in [0.5, 0.6) is 5.75 Å². The lowest BCUT2D eigenvalue weighted by atomic mass is 10.0. The summed E-state index contributed by atoms with van der Waals surface area (Å²) < 4.78 is 37.3. The quantitative estimate of drug-likeness (QED) is 0.132. The largest absolute Gasteiger partial charge is 0.495 e. The van der Waals surface area contributed by atoms with Crippen molar-refractivity contribution in [1.29, 1.82) is 0 Å². The van der Waals surface area contributed by atoms with E-state index in [4.69, 9.17) is 4.74 Å². The van der Waals surface area contributed by atoms with Gasteiger partial charge in [0.2, 0.25) is 0 Å². The highest BCUT2D eigenvalue weighted by Gasteiger charge is 2.22. The summed E-state index contributed by atoms with van der Waals surface area (Å²) in [6.07, 6.45) is 3.13. The molecule has 0 aliphatic heterocycles. The second-order valence-electron chi connectivity index (χ2n) is 10.1. The lowest BCUT2D eigenvalue weighted by Gasteiger charge is -2.13. The van der Waals surface area contributed by atoms with Crippen molar-refractivity contribution >= 4 is 83.1 Å². The van der Waals surface area contributed by atoms with Gasteiger partial charge in [-0.1, -0.05) is 30.3 Å². The van der Waals surface area contributed by atoms with E-state index in [2.05, 4.69) is 20.0 Å². The molecule has 2 aromatic carbocycles. The number of rotatable bonds is 9. The number of aliphatic imine (C=N–C) groups is 1. The van der Waals surface area contributed by atoms with E-state index in [9.17, 15) is 13.2 Å². The molecule has 44 heavy (non-hydrogen) atoms. The Morgan fingerprint density at radius 3 is 2.61 bits per heavy atom. The summed E-state index contributed by atoms with van der Waals surface area (Å²) in [5, 5.41) is 8.30. The SMILES string of the molecule is COc1cc(-c2csc3c(NS(=O)(=O)c4cccs4)cnc(/N=C/N(C)C)c23)ccc1NC(=O)c1cc2ccccc2n1C. The van der Waals surface area contributed by atoms with Crippen LogP contribution >= 0.6 is 22.7 Å². The summed E-state index contributed by atoms with van der Waals surface area (Å²) in [7, 11) is 3.32. The monoisotopic (exact) mass is 644 g/mol. The van der Waals surface area contributed by atoms with Crippen LogP contribution < -0.4 is 14.8 Å². The van der Waals surface area contributed by atoms with Gasteiger partial charge >= 0.3 is 0 Å². The maximum atomic E-state index is 13.3. The van der Waals surface area contributed by atoms with Crippen LogP contribution in [0.25, 0.3) is 32.1 Å². The molecule has 0 aliphatic rings. The number of carbonyl (C=O) groups is 1. The number of sulfonamides is 1. The predicted octanol–water partition coefficient (Wildman–Crippen LogP) is 6.80. The third kappa shape index (κ3) is 5.52. The maximum Gasteiger partial charge on any atom is 0.272 e. The van der Waals surface area contributed by atoms with E-state index in [0.717, 1.165) is 33.4 Å². The number of para-hydroxylation sites is 1. The summed E-state index contributed by atoms with van der Waals surface area (Å²) in [4.78, 5) is 24.2. The predicted molar refractivity (Wildman–Crippen MR) is 179 cm³/mol. The first kappa shape index (κ1) is 29.4. The number of hydrogen-bond donors (Lipinski definition) is 2. The summed E-state index contributed by atoms with van der Waals surface area (Å²) >= 11 is 2.53. The Morgan fingerprint density at radius 1 is 1.07 bits per heavy atom. The van der Waals surface area contributed by atoms with Crippen LogP contribution in [0.1, 0.15) is 10.5 Å². The van der Waals surface area contributed by atoms with Gasteiger partial charge in [0.15, 0.2) is 5.82 Å². The van der Waals surface area contributed by atoms with Crippen molar-refractivity contribution in [3.8, 4) is 16.9 Å². The molecule has 0 saturated carbocycles. The first-order chi connectivity index (χ1) is 21.2. The number of amides is 1. The number of ether oxygens (including phenoxy) is 1. The van der Waals surface area contributed by atoms with Gasteiger partial charge in [-0.2, -0.15) is 0 Å². The van der Waals surface area contributed by atoms with Crippen LogP contribution in [-0.2, 0) is 17.1 Å². The lowest BCUT2D eigenvalue weighted by Crippen LogP contribution is -2.16. The van der Waals surface area contributed by atoms with Gasteiger partial charge in [-0.3, -0.25) is 9.52 Å². The number of hydrogen-bond acceptors (Lipinski definition) is 8. The van der Waals surface area contributed by atoms with Crippen molar-refractivity contribution < 1.29 is 17.9 Å². The molecule has 0 fully saturated rings. The van der Waals surface area contributed by atoms with Gasteiger partial charge in [0.25, 0.3) is 15.9 Å². The zero-order valence-electron chi connectivity index (χ0n) is 24.2. The lowest BCUT2D eigenvalue weighted by molar-refractivity contribution is 0.101. The highest BCUT2D eigenvalue weighted by Crippen LogP contribution is 2.44. The third-order valence-corrected chi connectivity index (χ3v) is 10.7. The van der Waals surface area contributed by atoms with Crippen LogP contribution in [0.2, 0.25) is 0 Å². The molecule has 1 amide bonds. The maximum absolute atomic E-state index is 13.3. The van der Waals surface area contributed by atoms with Crippen molar-refractivity contribution in [2.75, 3.05) is 31.2 Å². The van der Waals surface area contributed by atoms with Gasteiger partial charge in [0, 0.05) is 48.4 Å². The van der Waals surface area contributed by atoms with Crippen molar-refractivity contribution in [2.24, 2.45) is 12.0 Å². The van der Waals surface area contributed by atoms with Gasteiger partial charge in [0.05, 0.1) is 35.7 Å². The van der Waals surface area contributed by atoms with Crippen molar-refractivity contribution in [3.63, 3.8) is 0 Å². The van der Waals surface area contributed by atoms with Gasteiger partial charge < -0.3 is 19.5 Å². The zero-order valence-corrected chi connectivity index (χ0v) is 26.7. The van der Waals surface area contributed by atoms with Crippen LogP contribution in [-0.4, -0.2) is 56.3 Å². The van der Waals surface area contributed by atoms with Crippen molar-refractivity contribution in [1.82, 2.24) is 14.5 Å². The van der Waals surface area contributed by atoms with Gasteiger partial charge in [-0.05, 0) is 41.3 Å². The number of nitrogens with one attached hydrogen (secondary N) is 2. The van der Waals surface area contributed by atoms with E-state index in [1.807, 2.05) is 73.6 Å². The minimum absolute atomic E-state index is 0.211. The molecule has 10 nitrogen and oxygen atoms in total. The fraction of sp³-hybridized carbons (Fsp3) is 0.129. The summed E-state index contributed by atoms with van der Waals surface area (Å²) in [5.41, 5.74) is 3.94. The number of nitrogens with zero attached hydrogens (tertiary/aromatic N) is 4. The van der Waals surface area contributed by atoms with E-state index in [1.165, 1.54) is 17.5 Å². The van der Waals surface area contributed by atoms with Crippen LogP contribution in [0, 0.1) is 0 Å². The Kier molecular flexibility index (Phi) is 7.84. The van der Waals surface area contributed by atoms with Gasteiger partial charge in [-0.25, -0.2) is 18.4 Å². The highest BCUT2D eigenvalue weighted by molar-refractivity contribution is 7.94. The third-order valence-electron chi connectivity index (χ3n) is 6.94. The Labute approximate surface area is 262 Å². The summed E-state index contributed by atoms with van der Waals surface area (Å²) in [5.74, 6) is 0.647. The molecule has 2 N–H and O–H groups in total. The number of anilines is 2. The molecule has 224 valence electrons. The number of aryl methyl sites for hydroxylation is 1. The number of thiophene rings is 2. The molecule has 4 heterocycles. The molecule has 0 unspecified atom stereocenters. The van der Waals surface area contributed by atoms with E-state index < -0.39 is 10.0 Å². The van der Waals surface area contributed by atoms with E-state index >= 15 is 0 Å². The molecular weight excluding hydrogens is 617 g/mol. The second kappa shape index (κ2) is 11.8. The number of aromatic nitrogens is 2. The smallest absolute Gasteiger partial charge is 0.272 e. The molecule has 0 spiro atoms. The summed E-state index contributed by atoms with van der Waals surface area (Å²) in [6.45, 7) is 0. The molecule has 0 radical (unpaired) electrons. The average Bonchev–Trinajstić information content (AvgIpc) is 3.77. The molecular formula is C31H28N6O4S3. The van der Waals surface area contributed by atoms with Crippen LogP contribution in [0.3, 0.4) is 0 Å². The van der Waals surface area contributed by atoms with Gasteiger partial charge in [0.1, 0.15) is 15.7 Å². The van der Waals surface area contributed by atoms with Crippen molar-refractivity contribution in [3.05, 3.63) is 83.3 Å². The van der Waals surface area contributed by atoms with Gasteiger partial charge in [-0.15, -0.1) is 22.7 Å². The van der Waals surface area contributed by atoms with Crippen LogP contribution in [0.15, 0.2) is 86.8 Å². The standard InChI is InChI=1S/C31H28N6O4S3/c1-36(2)18-33-30-28-21(17-43-29(28)23(16-32-30)35-44(39,40)27-10-7-13-42-27)19-11-12-22(26(15-19)41-4)34-31(38)25-14-20-8-5-6-9-24(20)37(25)3/h5-18,35H,1-4H3,(H,34,38)/b33-18+. The second-order valence-corrected chi connectivity index (χ2v) is 13.8. The Hall–Kier alpha value is -4.72. The van der Waals surface area contributed by atoms with E-state index in [1.54, 1.807) is 41.9 Å². The normalized spacial score (nSPS) is 11.8. The minimum atomic E-state index is -3.79. The fourth-order valence-electron chi connectivity index (χ4n) is 4.85. The fourth-order valence-corrected chi connectivity index (χ4v) is 8.00. The Bertz CT molecular complexity index is 2150. The summed E-state index contributed by atoms with van der Waals surface area (Å²) in [6, 6.07) is 18.4. The first-order valence-electron chi connectivity index (χ1n) is 13.4. The number of carbonyl (C=O) groups excluding carboxylic acids is 1. The minimum Gasteiger partial charge on any atom is -0.495 e. The van der Waals surface area contributed by atoms with Crippen molar-refractivity contribution in [2.45, 2.75) is 4.21 Å². The zero-order chi connectivity index (χ0) is 31.0. The van der Waals surface area contributed by atoms with E-state index in [0.29, 0.717) is 38.7 Å². The molecule has 6 aromatic rings. The number of benzene rings is 2. The first-order valence-corrected chi connectivity index (χ1v) is 16.6. The molecule has 13 heteroatoms. The van der Waals surface area contributed by atoms with E-state index in [-0.39, 0.29) is 10.1 Å². The molecule has 0 atom stereocenters. The van der Waals surface area contributed by atoms with Crippen LogP contribution in [0.4, 0.5) is 17.2 Å². The molecule has 6 rings (SSSR count). The molecule has 4 aromatic heterocycles. The Morgan fingerprint density at radius 2 is 1.89 bits per heavy atom. The highest BCUT2D eigenvalue weighted by atomic mass is 32.2. The number of methoxy groups -OCH3 is 1. The number of fused-ring (bicyclic) bond motifs is 2.